The third-order valence-corrected chi connectivity index (χ3v) is 3.65. The molecule has 1 rings (SSSR count). The lowest BCUT2D eigenvalue weighted by molar-refractivity contribution is 0.0366. The number of piperidine rings is 1. The molecule has 2 atom stereocenters. The summed E-state index contributed by atoms with van der Waals surface area (Å²) >= 11 is 0. The van der Waals surface area contributed by atoms with Crippen LogP contribution in [-0.2, 0) is 0 Å². The highest BCUT2D eigenvalue weighted by Crippen LogP contribution is 2.30. The van der Waals surface area contributed by atoms with Crippen molar-refractivity contribution in [3.63, 3.8) is 0 Å². The van der Waals surface area contributed by atoms with Crippen LogP contribution < -0.4 is 0 Å². The highest BCUT2D eigenvalue weighted by atomic mass is 16.3. The summed E-state index contributed by atoms with van der Waals surface area (Å²) in [4.78, 5) is 2.49. The van der Waals surface area contributed by atoms with Crippen molar-refractivity contribution >= 4 is 0 Å². The second-order valence-corrected chi connectivity index (χ2v) is 5.23. The van der Waals surface area contributed by atoms with Crippen molar-refractivity contribution in [2.24, 2.45) is 17.8 Å². The Morgan fingerprint density at radius 3 is 2.36 bits per heavy atom. The van der Waals surface area contributed by atoms with Crippen LogP contribution >= 0.6 is 0 Å². The summed E-state index contributed by atoms with van der Waals surface area (Å²) in [6.45, 7) is 11.7. The summed E-state index contributed by atoms with van der Waals surface area (Å²) < 4.78 is 0. The van der Waals surface area contributed by atoms with Crippen LogP contribution in [0.25, 0.3) is 0 Å². The molecule has 0 amide bonds. The van der Waals surface area contributed by atoms with E-state index in [1.54, 1.807) is 0 Å². The van der Waals surface area contributed by atoms with E-state index < -0.39 is 0 Å². The van der Waals surface area contributed by atoms with Gasteiger partial charge in [-0.1, -0.05) is 13.8 Å². The Labute approximate surface area is 88.3 Å². The molecule has 0 saturated carbocycles. The minimum atomic E-state index is 0.353. The zero-order valence-corrected chi connectivity index (χ0v) is 10.0. The van der Waals surface area contributed by atoms with Gasteiger partial charge < -0.3 is 10.0 Å². The first-order valence-electron chi connectivity index (χ1n) is 5.91. The summed E-state index contributed by atoms with van der Waals surface area (Å²) in [6, 6.07) is 0.622. The Bertz CT molecular complexity index is 168. The van der Waals surface area contributed by atoms with Crippen LogP contribution in [0, 0.1) is 17.8 Å². The zero-order valence-electron chi connectivity index (χ0n) is 10.0. The molecule has 0 radical (unpaired) electrons. The fourth-order valence-electron chi connectivity index (χ4n) is 2.62. The van der Waals surface area contributed by atoms with Gasteiger partial charge in [0.25, 0.3) is 0 Å². The van der Waals surface area contributed by atoms with Gasteiger partial charge in [0.2, 0.25) is 0 Å². The molecule has 0 unspecified atom stereocenters. The monoisotopic (exact) mass is 199 g/mol. The van der Waals surface area contributed by atoms with Gasteiger partial charge in [0.1, 0.15) is 0 Å². The number of likely N-dealkylation sites (tertiary alicyclic amines) is 1. The molecule has 1 aliphatic heterocycles. The smallest absolute Gasteiger partial charge is 0.0474 e. The number of nitrogens with zero attached hydrogens (tertiary/aromatic N) is 1. The van der Waals surface area contributed by atoms with Crippen molar-refractivity contribution in [1.82, 2.24) is 4.90 Å². The van der Waals surface area contributed by atoms with E-state index in [1.807, 2.05) is 0 Å². The summed E-state index contributed by atoms with van der Waals surface area (Å²) in [5.41, 5.74) is 0. The standard InChI is InChI=1S/C12H25NO/c1-9(2)12-5-6-13(10(3)4)7-11(12)8-14/h9-12,14H,5-8H2,1-4H3/t11-,12-/m0/s1. The summed E-state index contributed by atoms with van der Waals surface area (Å²) in [5.74, 6) is 1.92. The average molecular weight is 199 g/mol. The molecule has 1 aliphatic rings. The maximum absolute atomic E-state index is 9.38. The van der Waals surface area contributed by atoms with Crippen LogP contribution in [0.2, 0.25) is 0 Å². The van der Waals surface area contributed by atoms with E-state index in [0.29, 0.717) is 24.5 Å². The van der Waals surface area contributed by atoms with Gasteiger partial charge in [-0.3, -0.25) is 0 Å². The molecule has 0 bridgehead atoms. The molecule has 0 aromatic rings. The lowest BCUT2D eigenvalue weighted by Gasteiger charge is -2.41. The molecule has 84 valence electrons. The third-order valence-electron chi connectivity index (χ3n) is 3.65. The quantitative estimate of drug-likeness (QED) is 0.751. The summed E-state index contributed by atoms with van der Waals surface area (Å²) in [7, 11) is 0. The highest BCUT2D eigenvalue weighted by Gasteiger charge is 2.31. The molecule has 1 heterocycles. The number of hydrogen-bond donors (Lipinski definition) is 1. The molecule has 2 heteroatoms. The molecule has 0 aromatic carbocycles. The van der Waals surface area contributed by atoms with E-state index in [2.05, 4.69) is 32.6 Å². The highest BCUT2D eigenvalue weighted by molar-refractivity contribution is 4.83. The molecule has 1 N–H and O–H groups in total. The number of aliphatic hydroxyl groups is 1. The first kappa shape index (κ1) is 12.0. The average Bonchev–Trinajstić information content (AvgIpc) is 2.16. The van der Waals surface area contributed by atoms with Crippen LogP contribution in [-0.4, -0.2) is 35.7 Å². The Morgan fingerprint density at radius 2 is 1.93 bits per heavy atom. The van der Waals surface area contributed by atoms with E-state index in [1.165, 1.54) is 13.0 Å². The zero-order chi connectivity index (χ0) is 10.7. The van der Waals surface area contributed by atoms with Crippen LogP contribution in [0.15, 0.2) is 0 Å². The predicted molar refractivity (Wildman–Crippen MR) is 60.2 cm³/mol. The number of hydrogen-bond acceptors (Lipinski definition) is 2. The summed E-state index contributed by atoms with van der Waals surface area (Å²) in [6.07, 6.45) is 1.25. The minimum absolute atomic E-state index is 0.353. The van der Waals surface area contributed by atoms with Crippen molar-refractivity contribution in [2.75, 3.05) is 19.7 Å². The molecular weight excluding hydrogens is 174 g/mol. The first-order chi connectivity index (χ1) is 6.56. The van der Waals surface area contributed by atoms with Crippen molar-refractivity contribution in [2.45, 2.75) is 40.2 Å². The lowest BCUT2D eigenvalue weighted by Crippen LogP contribution is -2.46. The molecule has 0 aromatic heterocycles. The van der Waals surface area contributed by atoms with Crippen molar-refractivity contribution in [1.29, 1.82) is 0 Å². The molecule has 14 heavy (non-hydrogen) atoms. The predicted octanol–water partition coefficient (Wildman–Crippen LogP) is 1.98. The molecule has 1 saturated heterocycles. The molecule has 1 fully saturated rings. The molecule has 2 nitrogen and oxygen atoms in total. The van der Waals surface area contributed by atoms with E-state index in [0.717, 1.165) is 12.5 Å². The first-order valence-corrected chi connectivity index (χ1v) is 5.91. The lowest BCUT2D eigenvalue weighted by atomic mass is 9.78. The molecule has 0 spiro atoms. The van der Waals surface area contributed by atoms with Crippen LogP contribution in [0.1, 0.15) is 34.1 Å². The second-order valence-electron chi connectivity index (χ2n) is 5.23. The van der Waals surface area contributed by atoms with Crippen molar-refractivity contribution < 1.29 is 5.11 Å². The van der Waals surface area contributed by atoms with E-state index in [-0.39, 0.29) is 0 Å². The van der Waals surface area contributed by atoms with Crippen molar-refractivity contribution in [3.8, 4) is 0 Å². The number of aliphatic hydroxyl groups excluding tert-OH is 1. The van der Waals surface area contributed by atoms with E-state index in [9.17, 15) is 5.11 Å². The van der Waals surface area contributed by atoms with E-state index in [4.69, 9.17) is 0 Å². The van der Waals surface area contributed by atoms with Gasteiger partial charge in [-0.05, 0) is 44.6 Å². The van der Waals surface area contributed by atoms with Gasteiger partial charge in [-0.25, -0.2) is 0 Å². The van der Waals surface area contributed by atoms with E-state index >= 15 is 0 Å². The fraction of sp³-hybridized carbons (Fsp3) is 1.00. The van der Waals surface area contributed by atoms with Gasteiger partial charge >= 0.3 is 0 Å². The third kappa shape index (κ3) is 2.71. The van der Waals surface area contributed by atoms with Gasteiger partial charge in [0.15, 0.2) is 0 Å². The normalized spacial score (nSPS) is 30.2. The SMILES string of the molecule is CC(C)[C@@H]1CCN(C(C)C)C[C@H]1CO. The maximum atomic E-state index is 9.38. The Morgan fingerprint density at radius 1 is 1.29 bits per heavy atom. The molecule has 0 aliphatic carbocycles. The number of rotatable bonds is 3. The van der Waals surface area contributed by atoms with Gasteiger partial charge in [-0.2, -0.15) is 0 Å². The van der Waals surface area contributed by atoms with Gasteiger partial charge in [0.05, 0.1) is 0 Å². The summed E-state index contributed by atoms with van der Waals surface area (Å²) in [5, 5.41) is 9.38. The van der Waals surface area contributed by atoms with Crippen LogP contribution in [0.4, 0.5) is 0 Å². The Hall–Kier alpha value is -0.0800. The Balaban J connectivity index is 2.54. The van der Waals surface area contributed by atoms with Crippen LogP contribution in [0.5, 0.6) is 0 Å². The topological polar surface area (TPSA) is 23.5 Å². The van der Waals surface area contributed by atoms with Crippen LogP contribution in [0.3, 0.4) is 0 Å². The largest absolute Gasteiger partial charge is 0.396 e. The van der Waals surface area contributed by atoms with Crippen molar-refractivity contribution in [3.05, 3.63) is 0 Å². The second kappa shape index (κ2) is 5.13. The minimum Gasteiger partial charge on any atom is -0.396 e. The fourth-order valence-corrected chi connectivity index (χ4v) is 2.62. The Kier molecular flexibility index (Phi) is 4.39. The van der Waals surface area contributed by atoms with Gasteiger partial charge in [0, 0.05) is 19.2 Å². The molecular formula is C12H25NO. The van der Waals surface area contributed by atoms with Gasteiger partial charge in [-0.15, -0.1) is 0 Å². The maximum Gasteiger partial charge on any atom is 0.0474 e.